The van der Waals surface area contributed by atoms with Gasteiger partial charge in [0.1, 0.15) is 5.82 Å². The van der Waals surface area contributed by atoms with E-state index in [0.29, 0.717) is 22.2 Å². The summed E-state index contributed by atoms with van der Waals surface area (Å²) < 4.78 is 15.6. The van der Waals surface area contributed by atoms with Gasteiger partial charge in [-0.05, 0) is 49.2 Å². The quantitative estimate of drug-likeness (QED) is 0.807. The van der Waals surface area contributed by atoms with E-state index in [0.717, 1.165) is 18.5 Å². The lowest BCUT2D eigenvalue weighted by Crippen LogP contribution is -2.25. The number of hydrogen-bond acceptors (Lipinski definition) is 2. The van der Waals surface area contributed by atoms with E-state index >= 15 is 0 Å². The zero-order valence-corrected chi connectivity index (χ0v) is 12.7. The van der Waals surface area contributed by atoms with Crippen molar-refractivity contribution in [1.82, 2.24) is 14.9 Å². The molecule has 1 aromatic carbocycles. The van der Waals surface area contributed by atoms with E-state index < -0.39 is 0 Å². The van der Waals surface area contributed by atoms with Crippen LogP contribution < -0.4 is 5.32 Å². The standard InChI is InChI=1S/C18H16FN3O/c1-22-8-2-3-17(22)16-10-14(18(23)20-12-5-6-12)13-9-11(19)4-7-15(13)21-16/h2-4,7-10,12H,5-6H2,1H3,(H,20,23). The number of hydrogen-bond donors (Lipinski definition) is 1. The van der Waals surface area contributed by atoms with Crippen molar-refractivity contribution in [3.63, 3.8) is 0 Å². The van der Waals surface area contributed by atoms with Gasteiger partial charge in [-0.25, -0.2) is 9.37 Å². The Morgan fingerprint density at radius 2 is 2.13 bits per heavy atom. The number of halogens is 1. The highest BCUT2D eigenvalue weighted by atomic mass is 19.1. The van der Waals surface area contributed by atoms with Crippen LogP contribution in [0.2, 0.25) is 0 Å². The number of aromatic nitrogens is 2. The normalized spacial score (nSPS) is 14.2. The van der Waals surface area contributed by atoms with E-state index in [-0.39, 0.29) is 17.8 Å². The van der Waals surface area contributed by atoms with E-state index in [1.807, 2.05) is 29.9 Å². The second-order valence-electron chi connectivity index (χ2n) is 5.97. The van der Waals surface area contributed by atoms with Crippen molar-refractivity contribution < 1.29 is 9.18 Å². The van der Waals surface area contributed by atoms with Crippen molar-refractivity contribution in [2.75, 3.05) is 0 Å². The molecule has 1 aliphatic rings. The predicted octanol–water partition coefficient (Wildman–Crippen LogP) is 3.27. The molecule has 1 fully saturated rings. The van der Waals surface area contributed by atoms with Gasteiger partial charge in [0.15, 0.2) is 0 Å². The van der Waals surface area contributed by atoms with Gasteiger partial charge in [0.25, 0.3) is 5.91 Å². The molecule has 1 N–H and O–H groups in total. The lowest BCUT2D eigenvalue weighted by molar-refractivity contribution is 0.0952. The number of nitrogens with one attached hydrogen (secondary N) is 1. The van der Waals surface area contributed by atoms with Gasteiger partial charge < -0.3 is 9.88 Å². The molecule has 1 amide bonds. The molecule has 5 heteroatoms. The van der Waals surface area contributed by atoms with E-state index in [2.05, 4.69) is 10.3 Å². The summed E-state index contributed by atoms with van der Waals surface area (Å²) >= 11 is 0. The zero-order chi connectivity index (χ0) is 16.0. The number of pyridine rings is 1. The molecule has 0 unspecified atom stereocenters. The van der Waals surface area contributed by atoms with Gasteiger partial charge in [-0.15, -0.1) is 0 Å². The van der Waals surface area contributed by atoms with Crippen LogP contribution in [0.15, 0.2) is 42.6 Å². The largest absolute Gasteiger partial charge is 0.349 e. The molecule has 116 valence electrons. The highest BCUT2D eigenvalue weighted by molar-refractivity contribution is 6.07. The number of carbonyl (C=O) groups is 1. The third kappa shape index (κ3) is 2.59. The summed E-state index contributed by atoms with van der Waals surface area (Å²) in [6.45, 7) is 0. The Hall–Kier alpha value is -2.69. The molecular weight excluding hydrogens is 293 g/mol. The van der Waals surface area contributed by atoms with Gasteiger partial charge in [-0.1, -0.05) is 0 Å². The first-order valence-corrected chi connectivity index (χ1v) is 7.65. The Balaban J connectivity index is 1.91. The first-order chi connectivity index (χ1) is 11.1. The van der Waals surface area contributed by atoms with Crippen LogP contribution in [-0.2, 0) is 7.05 Å². The molecule has 0 saturated heterocycles. The number of aryl methyl sites for hydroxylation is 1. The van der Waals surface area contributed by atoms with Crippen LogP contribution in [0.3, 0.4) is 0 Å². The molecule has 2 aromatic heterocycles. The number of benzene rings is 1. The molecule has 4 rings (SSSR count). The molecule has 0 aliphatic heterocycles. The second kappa shape index (κ2) is 5.19. The fraction of sp³-hybridized carbons (Fsp3) is 0.222. The summed E-state index contributed by atoms with van der Waals surface area (Å²) in [5.74, 6) is -0.535. The van der Waals surface area contributed by atoms with Crippen LogP contribution in [0.4, 0.5) is 4.39 Å². The average molecular weight is 309 g/mol. The smallest absolute Gasteiger partial charge is 0.252 e. The van der Waals surface area contributed by atoms with Crippen molar-refractivity contribution in [3.8, 4) is 11.4 Å². The number of rotatable bonds is 3. The number of carbonyl (C=O) groups excluding carboxylic acids is 1. The first-order valence-electron chi connectivity index (χ1n) is 7.65. The predicted molar refractivity (Wildman–Crippen MR) is 86.6 cm³/mol. The molecule has 0 radical (unpaired) electrons. The fourth-order valence-electron chi connectivity index (χ4n) is 2.74. The Morgan fingerprint density at radius 3 is 2.83 bits per heavy atom. The first kappa shape index (κ1) is 13.9. The van der Waals surface area contributed by atoms with Crippen molar-refractivity contribution in [1.29, 1.82) is 0 Å². The SMILES string of the molecule is Cn1cccc1-c1cc(C(=O)NC2CC2)c2cc(F)ccc2n1. The second-order valence-corrected chi connectivity index (χ2v) is 5.97. The van der Waals surface area contributed by atoms with Gasteiger partial charge >= 0.3 is 0 Å². The minimum Gasteiger partial charge on any atom is -0.349 e. The Bertz CT molecular complexity index is 912. The summed E-state index contributed by atoms with van der Waals surface area (Å²) in [5.41, 5.74) is 2.71. The van der Waals surface area contributed by atoms with Crippen molar-refractivity contribution >= 4 is 16.8 Å². The molecule has 0 spiro atoms. The molecule has 3 aromatic rings. The lowest BCUT2D eigenvalue weighted by atomic mass is 10.1. The number of fused-ring (bicyclic) bond motifs is 1. The number of amides is 1. The summed E-state index contributed by atoms with van der Waals surface area (Å²) in [6.07, 6.45) is 3.94. The average Bonchev–Trinajstić information content (AvgIpc) is 3.24. The van der Waals surface area contributed by atoms with Crippen LogP contribution in [0, 0.1) is 5.82 Å². The lowest BCUT2D eigenvalue weighted by Gasteiger charge is -2.11. The van der Waals surface area contributed by atoms with E-state index in [1.165, 1.54) is 12.1 Å². The molecule has 1 aliphatic carbocycles. The Labute approximate surface area is 133 Å². The van der Waals surface area contributed by atoms with Crippen molar-refractivity contribution in [2.24, 2.45) is 7.05 Å². The van der Waals surface area contributed by atoms with Crippen LogP contribution in [0.1, 0.15) is 23.2 Å². The highest BCUT2D eigenvalue weighted by Gasteiger charge is 2.25. The van der Waals surface area contributed by atoms with Gasteiger partial charge in [-0.2, -0.15) is 0 Å². The molecular formula is C18H16FN3O. The maximum absolute atomic E-state index is 13.6. The molecule has 23 heavy (non-hydrogen) atoms. The molecule has 2 heterocycles. The van der Waals surface area contributed by atoms with Gasteiger partial charge in [-0.3, -0.25) is 4.79 Å². The zero-order valence-electron chi connectivity index (χ0n) is 12.7. The minimum absolute atomic E-state index is 0.166. The molecule has 1 saturated carbocycles. The summed E-state index contributed by atoms with van der Waals surface area (Å²) in [5, 5.41) is 3.52. The van der Waals surface area contributed by atoms with Crippen LogP contribution >= 0.6 is 0 Å². The van der Waals surface area contributed by atoms with Gasteiger partial charge in [0.2, 0.25) is 0 Å². The van der Waals surface area contributed by atoms with Crippen molar-refractivity contribution in [3.05, 3.63) is 54.0 Å². The molecule has 4 nitrogen and oxygen atoms in total. The highest BCUT2D eigenvalue weighted by Crippen LogP contribution is 2.27. The van der Waals surface area contributed by atoms with E-state index in [1.54, 1.807) is 12.1 Å². The number of nitrogens with zero attached hydrogens (tertiary/aromatic N) is 2. The third-order valence-electron chi connectivity index (χ3n) is 4.13. The summed E-state index contributed by atoms with van der Waals surface area (Å²) in [6, 6.07) is 10.2. The van der Waals surface area contributed by atoms with Crippen molar-refractivity contribution in [2.45, 2.75) is 18.9 Å². The monoisotopic (exact) mass is 309 g/mol. The fourth-order valence-corrected chi connectivity index (χ4v) is 2.74. The Morgan fingerprint density at radius 1 is 1.30 bits per heavy atom. The molecule has 0 bridgehead atoms. The molecule has 0 atom stereocenters. The maximum Gasteiger partial charge on any atom is 0.252 e. The van der Waals surface area contributed by atoms with Crippen LogP contribution in [0.25, 0.3) is 22.3 Å². The van der Waals surface area contributed by atoms with Gasteiger partial charge in [0, 0.05) is 24.7 Å². The maximum atomic E-state index is 13.6. The topological polar surface area (TPSA) is 46.9 Å². The van der Waals surface area contributed by atoms with E-state index in [9.17, 15) is 9.18 Å². The minimum atomic E-state index is -0.369. The third-order valence-corrected chi connectivity index (χ3v) is 4.13. The Kier molecular flexibility index (Phi) is 3.15. The van der Waals surface area contributed by atoms with Gasteiger partial charge in [0.05, 0.1) is 22.5 Å². The summed E-state index contributed by atoms with van der Waals surface area (Å²) in [7, 11) is 1.93. The van der Waals surface area contributed by atoms with E-state index in [4.69, 9.17) is 0 Å². The van der Waals surface area contributed by atoms with Crippen LogP contribution in [0.5, 0.6) is 0 Å². The summed E-state index contributed by atoms with van der Waals surface area (Å²) in [4.78, 5) is 17.1. The van der Waals surface area contributed by atoms with Crippen LogP contribution in [-0.4, -0.2) is 21.5 Å².